The summed E-state index contributed by atoms with van der Waals surface area (Å²) < 4.78 is 86.2. The van der Waals surface area contributed by atoms with Crippen molar-refractivity contribution in [2.45, 2.75) is 37.9 Å². The van der Waals surface area contributed by atoms with Crippen molar-refractivity contribution < 1.29 is 49.9 Å². The van der Waals surface area contributed by atoms with Gasteiger partial charge in [0.05, 0.1) is 5.75 Å². The summed E-state index contributed by atoms with van der Waals surface area (Å²) in [6.07, 6.45) is -6.18. The Balaban J connectivity index is 0.000000956. The van der Waals surface area contributed by atoms with Gasteiger partial charge in [-0.05, 0) is 48.8 Å². The monoisotopic (exact) mass is 586 g/mol. The first-order chi connectivity index (χ1) is 17.8. The second-order valence-electron chi connectivity index (χ2n) is 7.65. The molecule has 1 heterocycles. The molecule has 0 aliphatic rings. The molecule has 1 aromatic carbocycles. The van der Waals surface area contributed by atoms with E-state index < -0.39 is 74.8 Å². The number of hydrogen-bond donors (Lipinski definition) is 5. The first-order valence-corrected chi connectivity index (χ1v) is 11.9. The van der Waals surface area contributed by atoms with E-state index in [2.05, 4.69) is 9.88 Å². The summed E-state index contributed by atoms with van der Waals surface area (Å²) in [6.45, 7) is 2.87. The van der Waals surface area contributed by atoms with E-state index in [0.29, 0.717) is 0 Å². The van der Waals surface area contributed by atoms with Crippen molar-refractivity contribution in [2.75, 3.05) is 4.72 Å². The Morgan fingerprint density at radius 2 is 1.69 bits per heavy atom. The molecule has 0 aliphatic heterocycles. The van der Waals surface area contributed by atoms with Gasteiger partial charge >= 0.3 is 12.1 Å². The molecule has 2 aromatic rings. The third-order valence-electron chi connectivity index (χ3n) is 4.51. The number of carbonyl (C=O) groups is 2. The van der Waals surface area contributed by atoms with Gasteiger partial charge < -0.3 is 27.1 Å². The van der Waals surface area contributed by atoms with Gasteiger partial charge in [0.15, 0.2) is 23.8 Å². The van der Waals surface area contributed by atoms with Gasteiger partial charge in [-0.3, -0.25) is 18.9 Å². The standard InChI is InChI=1S/C18H22F2N6O5S.C2HF3O2/c1-9-3-6-14(25-32(29,30)8-11-4-5-12(19)13(20)7-11)17(28)26(9)15(16(21)27)10(2)31-24-18(22)23;3-2(4,5)1(6)7/h3-7,10,15,25H,8H2,1-2H3,(H2,21,27)(H4,22,23,24);(H,6,7). The molecule has 0 bridgehead atoms. The number of nitrogens with one attached hydrogen (secondary N) is 1. The predicted molar refractivity (Wildman–Crippen MR) is 126 cm³/mol. The van der Waals surface area contributed by atoms with Crippen LogP contribution < -0.4 is 27.5 Å². The smallest absolute Gasteiger partial charge is 0.475 e. The van der Waals surface area contributed by atoms with Gasteiger partial charge in [0.25, 0.3) is 5.56 Å². The number of aryl methyl sites for hydroxylation is 1. The average Bonchev–Trinajstić information content (AvgIpc) is 2.78. The quantitative estimate of drug-likeness (QED) is 0.120. The highest BCUT2D eigenvalue weighted by atomic mass is 32.2. The first-order valence-electron chi connectivity index (χ1n) is 10.3. The second kappa shape index (κ2) is 12.9. The zero-order valence-corrected chi connectivity index (χ0v) is 20.9. The molecule has 0 fully saturated rings. The Labute approximate surface area is 217 Å². The normalized spacial score (nSPS) is 12.8. The van der Waals surface area contributed by atoms with E-state index in [1.54, 1.807) is 0 Å². The van der Waals surface area contributed by atoms with Crippen molar-refractivity contribution in [3.05, 3.63) is 63.6 Å². The van der Waals surface area contributed by atoms with Gasteiger partial charge in [-0.1, -0.05) is 6.07 Å². The lowest BCUT2D eigenvalue weighted by Gasteiger charge is -2.24. The molecule has 8 N–H and O–H groups in total. The number of carboxylic acids is 1. The van der Waals surface area contributed by atoms with Gasteiger partial charge in [0, 0.05) is 5.69 Å². The predicted octanol–water partition coefficient (Wildman–Crippen LogP) is 0.630. The maximum absolute atomic E-state index is 13.4. The van der Waals surface area contributed by atoms with Crippen LogP contribution in [0.15, 0.2) is 40.3 Å². The number of amides is 1. The first kappa shape index (κ1) is 32.6. The summed E-state index contributed by atoms with van der Waals surface area (Å²) in [7, 11) is -4.21. The molecular weight excluding hydrogens is 563 g/mol. The van der Waals surface area contributed by atoms with Gasteiger partial charge in [-0.25, -0.2) is 22.0 Å². The number of carboxylic acid groups (broad SMARTS) is 1. The largest absolute Gasteiger partial charge is 0.490 e. The Bertz CT molecular complexity index is 1410. The Kier molecular flexibility index (Phi) is 10.8. The summed E-state index contributed by atoms with van der Waals surface area (Å²) in [5.41, 5.74) is 14.7. The summed E-state index contributed by atoms with van der Waals surface area (Å²) in [4.78, 5) is 38.9. The molecule has 1 amide bonds. The van der Waals surface area contributed by atoms with Crippen LogP contribution in [0, 0.1) is 18.6 Å². The van der Waals surface area contributed by atoms with E-state index in [-0.39, 0.29) is 11.3 Å². The topological polar surface area (TPSA) is 222 Å². The molecule has 0 saturated carbocycles. The SMILES string of the molecule is Cc1ccc(NS(=O)(=O)Cc2ccc(F)c(F)c2)c(=O)n1C(C(N)=O)C(C)ON=C(N)N.O=C(O)C(F)(F)F. The summed E-state index contributed by atoms with van der Waals surface area (Å²) >= 11 is 0. The van der Waals surface area contributed by atoms with Crippen molar-refractivity contribution in [1.82, 2.24) is 4.57 Å². The number of primary amides is 1. The molecule has 0 saturated heterocycles. The molecule has 2 rings (SSSR count). The van der Waals surface area contributed by atoms with Crippen LogP contribution in [0.4, 0.5) is 27.6 Å². The molecule has 1 aromatic heterocycles. The fourth-order valence-corrected chi connectivity index (χ4v) is 4.07. The van der Waals surface area contributed by atoms with E-state index in [1.807, 2.05) is 0 Å². The highest BCUT2D eigenvalue weighted by Crippen LogP contribution is 2.19. The zero-order chi connectivity index (χ0) is 30.3. The van der Waals surface area contributed by atoms with Crippen LogP contribution in [0.2, 0.25) is 0 Å². The minimum atomic E-state index is -5.08. The minimum absolute atomic E-state index is 0.0434. The number of nitrogens with zero attached hydrogens (tertiary/aromatic N) is 2. The van der Waals surface area contributed by atoms with Crippen molar-refractivity contribution >= 4 is 33.5 Å². The number of anilines is 1. The Morgan fingerprint density at radius 1 is 1.13 bits per heavy atom. The van der Waals surface area contributed by atoms with Gasteiger partial charge in [-0.2, -0.15) is 13.2 Å². The highest BCUT2D eigenvalue weighted by Gasteiger charge is 2.38. The van der Waals surface area contributed by atoms with Crippen LogP contribution in [0.1, 0.15) is 24.2 Å². The number of carbonyl (C=O) groups excluding carboxylic acids is 1. The third kappa shape index (κ3) is 9.76. The number of guanidine groups is 1. The number of nitrogens with two attached hydrogens (primary N) is 3. The lowest BCUT2D eigenvalue weighted by Crippen LogP contribution is -2.42. The van der Waals surface area contributed by atoms with E-state index in [1.165, 1.54) is 26.0 Å². The lowest BCUT2D eigenvalue weighted by molar-refractivity contribution is -0.192. The number of pyridine rings is 1. The van der Waals surface area contributed by atoms with E-state index in [0.717, 1.165) is 22.8 Å². The second-order valence-corrected chi connectivity index (χ2v) is 9.37. The van der Waals surface area contributed by atoms with Crippen LogP contribution in [0.25, 0.3) is 0 Å². The summed E-state index contributed by atoms with van der Waals surface area (Å²) in [6, 6.07) is 3.79. The number of sulfonamides is 1. The van der Waals surface area contributed by atoms with E-state index in [4.69, 9.17) is 31.9 Å². The molecule has 19 heteroatoms. The Hall–Kier alpha value is -4.42. The fourth-order valence-electron chi connectivity index (χ4n) is 2.89. The van der Waals surface area contributed by atoms with Crippen LogP contribution in [0.3, 0.4) is 0 Å². The lowest BCUT2D eigenvalue weighted by atomic mass is 10.1. The molecule has 2 atom stereocenters. The fraction of sp³-hybridized carbons (Fsp3) is 0.300. The average molecular weight is 586 g/mol. The number of hydrogen-bond acceptors (Lipinski definition) is 7. The van der Waals surface area contributed by atoms with Crippen molar-refractivity contribution in [3.63, 3.8) is 0 Å². The van der Waals surface area contributed by atoms with Crippen LogP contribution in [-0.4, -0.2) is 48.2 Å². The molecule has 0 aliphatic carbocycles. The maximum atomic E-state index is 13.4. The maximum Gasteiger partial charge on any atom is 0.490 e. The molecule has 0 radical (unpaired) electrons. The van der Waals surface area contributed by atoms with E-state index >= 15 is 0 Å². The van der Waals surface area contributed by atoms with Crippen LogP contribution in [-0.2, 0) is 30.2 Å². The molecule has 2 unspecified atom stereocenters. The summed E-state index contributed by atoms with van der Waals surface area (Å²) in [5.74, 6) is -7.23. The number of alkyl halides is 3. The number of halogens is 5. The Morgan fingerprint density at radius 3 is 2.15 bits per heavy atom. The third-order valence-corrected chi connectivity index (χ3v) is 5.75. The van der Waals surface area contributed by atoms with Gasteiger partial charge in [-0.15, -0.1) is 0 Å². The molecule has 39 heavy (non-hydrogen) atoms. The van der Waals surface area contributed by atoms with Gasteiger partial charge in [0.2, 0.25) is 21.9 Å². The van der Waals surface area contributed by atoms with Crippen LogP contribution in [0.5, 0.6) is 0 Å². The molecule has 216 valence electrons. The highest BCUT2D eigenvalue weighted by molar-refractivity contribution is 7.91. The van der Waals surface area contributed by atoms with Crippen molar-refractivity contribution in [1.29, 1.82) is 0 Å². The molecule has 0 spiro atoms. The van der Waals surface area contributed by atoms with Crippen molar-refractivity contribution in [3.8, 4) is 0 Å². The van der Waals surface area contributed by atoms with Gasteiger partial charge in [0.1, 0.15) is 5.69 Å². The van der Waals surface area contributed by atoms with E-state index in [9.17, 15) is 40.0 Å². The number of rotatable bonds is 9. The molecular formula is C20H23F5N6O7S. The number of aromatic nitrogens is 1. The number of aliphatic carboxylic acids is 1. The zero-order valence-electron chi connectivity index (χ0n) is 20.1. The summed E-state index contributed by atoms with van der Waals surface area (Å²) in [5, 5.41) is 10.5. The van der Waals surface area contributed by atoms with Crippen LogP contribution >= 0.6 is 0 Å². The minimum Gasteiger partial charge on any atom is -0.475 e. The van der Waals surface area contributed by atoms with Crippen molar-refractivity contribution in [2.24, 2.45) is 22.4 Å². The number of benzene rings is 1. The molecule has 13 nitrogen and oxygen atoms in total. The number of oxime groups is 1.